The maximum atomic E-state index is 12.4. The summed E-state index contributed by atoms with van der Waals surface area (Å²) in [6.45, 7) is -1.88. The number of nitrogen functional groups attached to an aromatic ring is 1. The van der Waals surface area contributed by atoms with Gasteiger partial charge in [0, 0.05) is 0 Å². The number of nitrogens with two attached hydrogens (primary N) is 2. The zero-order valence-electron chi connectivity index (χ0n) is 22.5. The number of hydrogen-bond acceptors (Lipinski definition) is 17. The largest absolute Gasteiger partial charge is 0.481 e. The summed E-state index contributed by atoms with van der Waals surface area (Å²) in [4.78, 5) is 47.1. The summed E-state index contributed by atoms with van der Waals surface area (Å²) in [7, 11) is -10.8. The molecule has 2 fully saturated rings. The number of primary amides is 1. The molecule has 0 radical (unpaired) electrons. The molecule has 3 aromatic rings. The molecule has 3 aromatic heterocycles. The second kappa shape index (κ2) is 12.4. The molecule has 0 spiro atoms. The first kappa shape index (κ1) is 33.0. The summed E-state index contributed by atoms with van der Waals surface area (Å²) < 4.78 is 51.8. The maximum absolute atomic E-state index is 12.4. The Balaban J connectivity index is 1.17. The first-order valence-electron chi connectivity index (χ1n) is 12.6. The monoisotopic (exact) mass is 676 g/mol. The van der Waals surface area contributed by atoms with E-state index < -0.39 is 83.8 Å². The van der Waals surface area contributed by atoms with Gasteiger partial charge in [-0.15, -0.1) is 6.42 Å². The summed E-state index contributed by atoms with van der Waals surface area (Å²) in [5.41, 5.74) is 10.8. The van der Waals surface area contributed by atoms with E-state index in [1.54, 1.807) is 0 Å². The number of phosphoric ester groups is 2. The highest BCUT2D eigenvalue weighted by atomic mass is 31.3. The highest BCUT2D eigenvalue weighted by molar-refractivity contribution is 7.61. The highest BCUT2D eigenvalue weighted by Gasteiger charge is 2.48. The molecule has 2 aliphatic heterocycles. The third-order valence-corrected chi connectivity index (χ3v) is 9.39. The zero-order valence-corrected chi connectivity index (χ0v) is 24.3. The lowest BCUT2D eigenvalue weighted by molar-refractivity contribution is -0.0542. The Morgan fingerprint density at radius 3 is 1.98 bits per heavy atom. The molecule has 0 bridgehead atoms. The van der Waals surface area contributed by atoms with E-state index in [-0.39, 0.29) is 28.4 Å². The number of rotatable bonds is 11. The van der Waals surface area contributed by atoms with Crippen LogP contribution in [0.5, 0.6) is 0 Å². The number of phosphoric acid groups is 2. The van der Waals surface area contributed by atoms with Gasteiger partial charge in [0.25, 0.3) is 5.91 Å². The molecular weight excluding hydrogens is 650 g/mol. The van der Waals surface area contributed by atoms with Crippen LogP contribution in [0.1, 0.15) is 28.6 Å². The van der Waals surface area contributed by atoms with Crippen LogP contribution < -0.4 is 11.5 Å². The number of carbonyl (C=O) groups excluding carboxylic acids is 1. The molecule has 0 aliphatic carbocycles. The number of imidazole rings is 2. The molecule has 244 valence electrons. The van der Waals surface area contributed by atoms with Crippen molar-refractivity contribution in [2.24, 2.45) is 5.73 Å². The Labute approximate surface area is 251 Å². The Kier molecular flexibility index (Phi) is 9.11. The molecule has 2 aliphatic rings. The van der Waals surface area contributed by atoms with Crippen LogP contribution >= 0.6 is 15.6 Å². The number of aliphatic hydroxyl groups excluding tert-OH is 4. The van der Waals surface area contributed by atoms with Crippen LogP contribution in [-0.2, 0) is 32.0 Å². The smallest absolute Gasteiger partial charge is 0.387 e. The van der Waals surface area contributed by atoms with Crippen molar-refractivity contribution < 1.29 is 67.0 Å². The van der Waals surface area contributed by atoms with Gasteiger partial charge in [0.05, 0.1) is 25.9 Å². The summed E-state index contributed by atoms with van der Waals surface area (Å²) in [6, 6.07) is 0. The molecule has 24 heteroatoms. The Bertz CT molecular complexity index is 1730. The van der Waals surface area contributed by atoms with Crippen LogP contribution in [0.15, 0.2) is 19.0 Å². The fourth-order valence-corrected chi connectivity index (χ4v) is 6.73. The fraction of sp³-hybridized carbons (Fsp3) is 0.476. The van der Waals surface area contributed by atoms with Crippen molar-refractivity contribution in [2.45, 2.75) is 49.1 Å². The number of ether oxygens (including phenoxy) is 2. The number of terminal acetylenes is 1. The molecule has 4 unspecified atom stereocenters. The molecule has 5 heterocycles. The lowest BCUT2D eigenvalue weighted by Crippen LogP contribution is -2.34. The average molecular weight is 676 g/mol. The topological polar surface area (TPSA) is 332 Å². The van der Waals surface area contributed by atoms with Crippen molar-refractivity contribution in [3.8, 4) is 12.3 Å². The molecule has 45 heavy (non-hydrogen) atoms. The van der Waals surface area contributed by atoms with E-state index in [4.69, 9.17) is 31.9 Å². The van der Waals surface area contributed by atoms with Gasteiger partial charge in [0.15, 0.2) is 29.6 Å². The number of aliphatic hydroxyl groups is 4. The van der Waals surface area contributed by atoms with Crippen molar-refractivity contribution in [2.75, 3.05) is 18.9 Å². The van der Waals surface area contributed by atoms with Gasteiger partial charge in [-0.25, -0.2) is 29.1 Å². The van der Waals surface area contributed by atoms with Crippen molar-refractivity contribution in [3.63, 3.8) is 0 Å². The average Bonchev–Trinajstić information content (AvgIpc) is 3.72. The van der Waals surface area contributed by atoms with Gasteiger partial charge in [-0.2, -0.15) is 4.31 Å². The maximum Gasteiger partial charge on any atom is 0.481 e. The third kappa shape index (κ3) is 6.49. The fourth-order valence-electron chi connectivity index (χ4n) is 4.64. The summed E-state index contributed by atoms with van der Waals surface area (Å²) in [5.74, 6) is 1.23. The van der Waals surface area contributed by atoms with E-state index in [1.165, 1.54) is 10.9 Å². The first-order chi connectivity index (χ1) is 21.1. The number of hydrogen-bond donors (Lipinski definition) is 8. The number of aromatic nitrogens is 6. The van der Waals surface area contributed by atoms with Gasteiger partial charge in [-0.05, 0) is 5.92 Å². The normalized spacial score (nSPS) is 31.0. The standard InChI is InChI=1S/C21H26N8O14P2/c1-2-8-11(18(23)34)26-6-28(8)20-15(32)13(30)9(41-20)3-39-44(35,36)43-45(37,38)40-4-10-14(31)16(33)21(42-10)29-7-27-12-17(22)24-5-25-19(12)29/h1,5-7,9-10,13-16,20-21,30-33H,3-4H2,(H2,23,34)(H,35,36)(H,37,38)(H2,22,24,25)/t9-,10-,13?,14?,15+,16+,20-,21-/m1/s1. The Hall–Kier alpha value is -3.39. The Morgan fingerprint density at radius 2 is 1.44 bits per heavy atom. The van der Waals surface area contributed by atoms with Gasteiger partial charge >= 0.3 is 15.6 Å². The van der Waals surface area contributed by atoms with Crippen LogP contribution in [0, 0.1) is 12.3 Å². The minimum atomic E-state index is -5.42. The summed E-state index contributed by atoms with van der Waals surface area (Å²) >= 11 is 0. The Morgan fingerprint density at radius 1 is 0.911 bits per heavy atom. The van der Waals surface area contributed by atoms with E-state index in [2.05, 4.69) is 34.7 Å². The lowest BCUT2D eigenvalue weighted by atomic mass is 10.1. The molecule has 0 saturated carbocycles. The van der Waals surface area contributed by atoms with Gasteiger partial charge in [0.1, 0.15) is 54.2 Å². The molecule has 5 rings (SSSR count). The van der Waals surface area contributed by atoms with E-state index in [1.807, 2.05) is 0 Å². The van der Waals surface area contributed by atoms with Crippen molar-refractivity contribution >= 4 is 38.5 Å². The number of fused-ring (bicyclic) bond motifs is 1. The lowest BCUT2D eigenvalue weighted by Gasteiger charge is -2.20. The van der Waals surface area contributed by atoms with Crippen LogP contribution in [0.25, 0.3) is 11.2 Å². The SMILES string of the molecule is C#Cc1c(C(N)=O)ncn1[C@@H]1O[C@H](COP(=O)(O)OP(=O)(O)OC[C@H]2O[C@@H](n3cnc4c(N)ncnc43)[C@@H](O)C2O)C(O)[C@@H]1O. The van der Waals surface area contributed by atoms with Crippen molar-refractivity contribution in [3.05, 3.63) is 30.4 Å². The number of carbonyl (C=O) groups is 1. The minimum absolute atomic E-state index is 0.0423. The second-order valence-electron chi connectivity index (χ2n) is 9.64. The van der Waals surface area contributed by atoms with Crippen molar-refractivity contribution in [1.82, 2.24) is 29.1 Å². The number of nitrogens with zero attached hydrogens (tertiary/aromatic N) is 6. The quantitative estimate of drug-likeness (QED) is 0.0735. The molecular formula is C21H26N8O14P2. The molecule has 22 nitrogen and oxygen atoms in total. The molecule has 10 atom stereocenters. The van der Waals surface area contributed by atoms with E-state index in [0.29, 0.717) is 0 Å². The summed E-state index contributed by atoms with van der Waals surface area (Å²) in [5, 5.41) is 41.7. The predicted molar refractivity (Wildman–Crippen MR) is 143 cm³/mol. The number of amides is 1. The van der Waals surface area contributed by atoms with Crippen LogP contribution in [0.4, 0.5) is 5.82 Å². The highest BCUT2D eigenvalue weighted by Crippen LogP contribution is 2.60. The van der Waals surface area contributed by atoms with Crippen LogP contribution in [-0.4, -0.2) is 115 Å². The van der Waals surface area contributed by atoms with Gasteiger partial charge in [-0.3, -0.25) is 23.0 Å². The second-order valence-corrected chi connectivity index (χ2v) is 12.7. The molecule has 1 amide bonds. The van der Waals surface area contributed by atoms with E-state index in [0.717, 1.165) is 17.2 Å². The predicted octanol–water partition coefficient (Wildman–Crippen LogP) is -3.13. The van der Waals surface area contributed by atoms with Crippen LogP contribution in [0.2, 0.25) is 0 Å². The van der Waals surface area contributed by atoms with Gasteiger partial charge in [-0.1, -0.05) is 0 Å². The van der Waals surface area contributed by atoms with Gasteiger partial charge < -0.3 is 51.2 Å². The summed E-state index contributed by atoms with van der Waals surface area (Å²) in [6.07, 6.45) is -3.65. The van der Waals surface area contributed by atoms with E-state index >= 15 is 0 Å². The van der Waals surface area contributed by atoms with Gasteiger partial charge in [0.2, 0.25) is 0 Å². The zero-order chi connectivity index (χ0) is 32.8. The molecule has 2 saturated heterocycles. The first-order valence-corrected chi connectivity index (χ1v) is 15.6. The minimum Gasteiger partial charge on any atom is -0.387 e. The third-order valence-electron chi connectivity index (χ3n) is 6.78. The van der Waals surface area contributed by atoms with Crippen LogP contribution in [0.3, 0.4) is 0 Å². The molecule has 0 aromatic carbocycles. The number of anilines is 1. The molecule has 10 N–H and O–H groups in total. The van der Waals surface area contributed by atoms with E-state index in [9.17, 15) is 44.1 Å². The van der Waals surface area contributed by atoms with Crippen molar-refractivity contribution in [1.29, 1.82) is 0 Å².